The maximum absolute atomic E-state index is 13.3. The molecule has 0 aliphatic rings. The molecule has 6 nitrogen and oxygen atoms in total. The lowest BCUT2D eigenvalue weighted by Gasteiger charge is -2.29. The summed E-state index contributed by atoms with van der Waals surface area (Å²) in [4.78, 5) is 27.9. The van der Waals surface area contributed by atoms with Crippen LogP contribution < -0.4 is 14.8 Å². The number of hydrogen-bond donors (Lipinski definition) is 1. The Balaban J connectivity index is 1.66. The summed E-state index contributed by atoms with van der Waals surface area (Å²) in [5.41, 5.74) is 2.82. The number of benzene rings is 3. The lowest BCUT2D eigenvalue weighted by Crippen LogP contribution is -2.48. The number of rotatable bonds is 11. The third-order valence-corrected chi connectivity index (χ3v) is 6.04. The normalized spacial score (nSPS) is 11.4. The van der Waals surface area contributed by atoms with Crippen LogP contribution in [0.25, 0.3) is 0 Å². The number of carbonyl (C=O) groups is 2. The van der Waals surface area contributed by atoms with Crippen LogP contribution in [-0.4, -0.2) is 43.5 Å². The highest BCUT2D eigenvalue weighted by Crippen LogP contribution is 2.27. The maximum atomic E-state index is 13.3. The molecule has 3 aromatic rings. The van der Waals surface area contributed by atoms with Crippen molar-refractivity contribution in [2.75, 3.05) is 20.8 Å². The van der Waals surface area contributed by atoms with Gasteiger partial charge >= 0.3 is 0 Å². The van der Waals surface area contributed by atoms with E-state index in [-0.39, 0.29) is 18.2 Å². The Morgan fingerprint density at radius 1 is 0.886 bits per heavy atom. The molecule has 0 bridgehead atoms. The van der Waals surface area contributed by atoms with Gasteiger partial charge in [-0.3, -0.25) is 9.59 Å². The second-order valence-electron chi connectivity index (χ2n) is 8.22. The number of ether oxygens (including phenoxy) is 2. The predicted octanol–water partition coefficient (Wildman–Crippen LogP) is 4.68. The minimum atomic E-state index is -0.639. The zero-order valence-corrected chi connectivity index (χ0v) is 21.0. The molecule has 3 rings (SSSR count). The topological polar surface area (TPSA) is 67.9 Å². The molecule has 0 radical (unpaired) electrons. The Hall–Kier alpha value is -3.51. The summed E-state index contributed by atoms with van der Waals surface area (Å²) in [5, 5.41) is 3.58. The Morgan fingerprint density at radius 2 is 1.54 bits per heavy atom. The second kappa shape index (κ2) is 12.8. The molecule has 0 heterocycles. The highest BCUT2D eigenvalue weighted by atomic mass is 35.5. The van der Waals surface area contributed by atoms with Gasteiger partial charge in [0.1, 0.15) is 6.04 Å². The predicted molar refractivity (Wildman–Crippen MR) is 138 cm³/mol. The van der Waals surface area contributed by atoms with Crippen molar-refractivity contribution in [3.63, 3.8) is 0 Å². The summed E-state index contributed by atoms with van der Waals surface area (Å²) in [6, 6.07) is 21.9. The average molecular weight is 495 g/mol. The fraction of sp³-hybridized carbons (Fsp3) is 0.286. The molecule has 0 spiro atoms. The van der Waals surface area contributed by atoms with E-state index in [4.69, 9.17) is 21.1 Å². The first-order valence-corrected chi connectivity index (χ1v) is 11.9. The largest absolute Gasteiger partial charge is 0.493 e. The van der Waals surface area contributed by atoms with Crippen molar-refractivity contribution in [2.24, 2.45) is 0 Å². The molecular formula is C28H31ClN2O4. The van der Waals surface area contributed by atoms with Gasteiger partial charge in [0.2, 0.25) is 11.8 Å². The van der Waals surface area contributed by atoms with Crippen molar-refractivity contribution < 1.29 is 19.1 Å². The van der Waals surface area contributed by atoms with Crippen molar-refractivity contribution >= 4 is 23.4 Å². The van der Waals surface area contributed by atoms with Gasteiger partial charge in [-0.25, -0.2) is 0 Å². The van der Waals surface area contributed by atoms with E-state index in [0.717, 1.165) is 16.7 Å². The Labute approximate surface area is 211 Å². The molecule has 0 aliphatic carbocycles. The minimum Gasteiger partial charge on any atom is -0.493 e. The van der Waals surface area contributed by atoms with Gasteiger partial charge in [0, 0.05) is 18.1 Å². The second-order valence-corrected chi connectivity index (χ2v) is 8.65. The van der Waals surface area contributed by atoms with Gasteiger partial charge in [-0.05, 0) is 54.3 Å². The first-order valence-electron chi connectivity index (χ1n) is 11.5. The molecular weight excluding hydrogens is 464 g/mol. The molecule has 0 fully saturated rings. The summed E-state index contributed by atoms with van der Waals surface area (Å²) in [6.45, 7) is 2.54. The van der Waals surface area contributed by atoms with E-state index in [1.807, 2.05) is 60.7 Å². The Morgan fingerprint density at radius 3 is 2.20 bits per heavy atom. The monoisotopic (exact) mass is 494 g/mol. The molecule has 35 heavy (non-hydrogen) atoms. The zero-order chi connectivity index (χ0) is 25.2. The van der Waals surface area contributed by atoms with Gasteiger partial charge in [0.25, 0.3) is 0 Å². The average Bonchev–Trinajstić information content (AvgIpc) is 2.88. The number of nitrogens with zero attached hydrogens (tertiary/aromatic N) is 1. The number of halogens is 1. The third-order valence-electron chi connectivity index (χ3n) is 5.79. The quantitative estimate of drug-likeness (QED) is 0.420. The van der Waals surface area contributed by atoms with E-state index in [0.29, 0.717) is 36.0 Å². The van der Waals surface area contributed by atoms with E-state index < -0.39 is 6.04 Å². The smallest absolute Gasteiger partial charge is 0.242 e. The first kappa shape index (κ1) is 26.1. The summed E-state index contributed by atoms with van der Waals surface area (Å²) < 4.78 is 10.6. The molecule has 1 N–H and O–H groups in total. The number of methoxy groups -OCH3 is 2. The van der Waals surface area contributed by atoms with Gasteiger partial charge < -0.3 is 19.7 Å². The van der Waals surface area contributed by atoms with Gasteiger partial charge in [-0.1, -0.05) is 60.1 Å². The third kappa shape index (κ3) is 7.49. The van der Waals surface area contributed by atoms with Gasteiger partial charge in [0.05, 0.1) is 20.6 Å². The van der Waals surface area contributed by atoms with Crippen molar-refractivity contribution in [2.45, 2.75) is 32.4 Å². The van der Waals surface area contributed by atoms with Gasteiger partial charge in [-0.2, -0.15) is 0 Å². The van der Waals surface area contributed by atoms with Crippen LogP contribution >= 0.6 is 11.6 Å². The standard InChI is InChI=1S/C28H31ClN2O4/c1-20(28(33)30-16-15-22-11-14-25(34-2)26(17-22)35-3)31(19-23-7-5-4-6-8-23)27(32)18-21-9-12-24(29)13-10-21/h4-14,17,20H,15-16,18-19H2,1-3H3,(H,30,33)/t20-/m0/s1. The first-order chi connectivity index (χ1) is 16.9. The van der Waals surface area contributed by atoms with Crippen LogP contribution in [0.1, 0.15) is 23.6 Å². The molecule has 7 heteroatoms. The van der Waals surface area contributed by atoms with Crippen molar-refractivity contribution in [1.29, 1.82) is 0 Å². The van der Waals surface area contributed by atoms with Crippen LogP contribution in [0, 0.1) is 0 Å². The number of amides is 2. The molecule has 3 aromatic carbocycles. The molecule has 0 unspecified atom stereocenters. The van der Waals surface area contributed by atoms with Crippen LogP contribution in [0.15, 0.2) is 72.8 Å². The van der Waals surface area contributed by atoms with E-state index >= 15 is 0 Å². The van der Waals surface area contributed by atoms with Crippen LogP contribution in [0.4, 0.5) is 0 Å². The van der Waals surface area contributed by atoms with E-state index in [1.165, 1.54) is 0 Å². The van der Waals surface area contributed by atoms with E-state index in [2.05, 4.69) is 5.32 Å². The molecule has 0 aliphatic heterocycles. The number of carbonyl (C=O) groups excluding carboxylic acids is 2. The van der Waals surface area contributed by atoms with Gasteiger partial charge in [0.15, 0.2) is 11.5 Å². The van der Waals surface area contributed by atoms with Crippen molar-refractivity contribution in [3.05, 3.63) is 94.5 Å². The fourth-order valence-electron chi connectivity index (χ4n) is 3.76. The summed E-state index contributed by atoms with van der Waals surface area (Å²) >= 11 is 5.97. The maximum Gasteiger partial charge on any atom is 0.242 e. The van der Waals surface area contributed by atoms with Gasteiger partial charge in [-0.15, -0.1) is 0 Å². The van der Waals surface area contributed by atoms with Crippen LogP contribution in [0.5, 0.6) is 11.5 Å². The summed E-state index contributed by atoms with van der Waals surface area (Å²) in [5.74, 6) is 0.973. The van der Waals surface area contributed by atoms with Crippen molar-refractivity contribution in [1.82, 2.24) is 10.2 Å². The molecule has 184 valence electrons. The fourth-order valence-corrected chi connectivity index (χ4v) is 3.88. The summed E-state index contributed by atoms with van der Waals surface area (Å²) in [7, 11) is 3.18. The SMILES string of the molecule is COc1ccc(CCNC(=O)[C@H](C)N(Cc2ccccc2)C(=O)Cc2ccc(Cl)cc2)cc1OC. The van der Waals surface area contributed by atoms with Crippen molar-refractivity contribution in [3.8, 4) is 11.5 Å². The van der Waals surface area contributed by atoms with Crippen LogP contribution in [0.2, 0.25) is 5.02 Å². The highest BCUT2D eigenvalue weighted by molar-refractivity contribution is 6.30. The molecule has 1 atom stereocenters. The zero-order valence-electron chi connectivity index (χ0n) is 20.3. The van der Waals surface area contributed by atoms with E-state index in [1.54, 1.807) is 38.2 Å². The lowest BCUT2D eigenvalue weighted by atomic mass is 10.1. The number of hydrogen-bond acceptors (Lipinski definition) is 4. The number of nitrogens with one attached hydrogen (secondary N) is 1. The Kier molecular flexibility index (Phi) is 9.56. The molecule has 0 aromatic heterocycles. The van der Waals surface area contributed by atoms with Crippen LogP contribution in [0.3, 0.4) is 0 Å². The summed E-state index contributed by atoms with van der Waals surface area (Å²) in [6.07, 6.45) is 0.809. The molecule has 0 saturated heterocycles. The van der Waals surface area contributed by atoms with E-state index in [9.17, 15) is 9.59 Å². The molecule has 2 amide bonds. The van der Waals surface area contributed by atoms with Crippen LogP contribution in [-0.2, 0) is 29.0 Å². The Bertz CT molecular complexity index is 1120. The minimum absolute atomic E-state index is 0.126. The lowest BCUT2D eigenvalue weighted by molar-refractivity contribution is -0.140. The highest BCUT2D eigenvalue weighted by Gasteiger charge is 2.26. The molecule has 0 saturated carbocycles.